The van der Waals surface area contributed by atoms with E-state index >= 15 is 0 Å². The molecule has 2 aromatic heterocycles. The maximum Gasteiger partial charge on any atom is 0.258 e. The lowest BCUT2D eigenvalue weighted by atomic mass is 10.0. The number of ether oxygens (including phenoxy) is 1. The van der Waals surface area contributed by atoms with Crippen molar-refractivity contribution in [3.05, 3.63) is 54.9 Å². The number of aromatic amines is 1. The van der Waals surface area contributed by atoms with Crippen LogP contribution in [0.25, 0.3) is 11.0 Å². The van der Waals surface area contributed by atoms with Gasteiger partial charge in [0.25, 0.3) is 5.91 Å². The van der Waals surface area contributed by atoms with Gasteiger partial charge < -0.3 is 19.9 Å². The second-order valence-electron chi connectivity index (χ2n) is 8.67. The number of hydrogen-bond acceptors (Lipinski definition) is 6. The Bertz CT molecular complexity index is 1280. The van der Waals surface area contributed by atoms with Crippen molar-refractivity contribution in [3.8, 4) is 5.75 Å². The van der Waals surface area contributed by atoms with Crippen LogP contribution in [-0.4, -0.2) is 78.2 Å². The second-order valence-corrected chi connectivity index (χ2v) is 10.6. The first-order valence-corrected chi connectivity index (χ1v) is 12.9. The van der Waals surface area contributed by atoms with Gasteiger partial charge in [-0.05, 0) is 30.2 Å². The SMILES string of the molecule is CC(C)C(NC(=O)COc1ccccc1)C(=O)N1CCN(S(=O)(=O)c2c[nH]c3ncccc23)CC1. The summed E-state index contributed by atoms with van der Waals surface area (Å²) in [5.41, 5.74) is 0.506. The molecule has 186 valence electrons. The zero-order chi connectivity index (χ0) is 25.0. The molecule has 0 radical (unpaired) electrons. The number of aromatic nitrogens is 2. The molecule has 2 N–H and O–H groups in total. The van der Waals surface area contributed by atoms with Crippen LogP contribution < -0.4 is 10.1 Å². The van der Waals surface area contributed by atoms with Crippen LogP contribution in [0.4, 0.5) is 0 Å². The number of fused-ring (bicyclic) bond motifs is 1. The molecule has 1 aromatic carbocycles. The van der Waals surface area contributed by atoms with Crippen molar-refractivity contribution in [1.82, 2.24) is 24.5 Å². The van der Waals surface area contributed by atoms with Crippen LogP contribution in [0, 0.1) is 5.92 Å². The standard InChI is InChI=1S/C24H29N5O5S/c1-17(2)22(27-21(30)16-34-18-7-4-3-5-8-18)24(31)28-11-13-29(14-12-28)35(32,33)20-15-26-23-19(20)9-6-10-25-23/h3-10,15,17,22H,11-14,16H2,1-2H3,(H,25,26)(H,27,30). The van der Waals surface area contributed by atoms with Gasteiger partial charge in [0.2, 0.25) is 15.9 Å². The minimum Gasteiger partial charge on any atom is -0.484 e. The largest absolute Gasteiger partial charge is 0.484 e. The van der Waals surface area contributed by atoms with Crippen molar-refractivity contribution in [1.29, 1.82) is 0 Å². The highest BCUT2D eigenvalue weighted by atomic mass is 32.2. The van der Waals surface area contributed by atoms with E-state index in [1.807, 2.05) is 32.0 Å². The quantitative estimate of drug-likeness (QED) is 0.485. The van der Waals surface area contributed by atoms with Crippen molar-refractivity contribution in [2.45, 2.75) is 24.8 Å². The summed E-state index contributed by atoms with van der Waals surface area (Å²) in [5.74, 6) is -0.210. The Morgan fingerprint density at radius 2 is 1.80 bits per heavy atom. The molecule has 4 rings (SSSR count). The summed E-state index contributed by atoms with van der Waals surface area (Å²) in [7, 11) is -3.75. The Kier molecular flexibility index (Phi) is 7.37. The lowest BCUT2D eigenvalue weighted by Crippen LogP contribution is -2.57. The Balaban J connectivity index is 1.36. The van der Waals surface area contributed by atoms with Crippen LogP contribution in [0.5, 0.6) is 5.75 Å². The second kappa shape index (κ2) is 10.4. The van der Waals surface area contributed by atoms with Gasteiger partial charge in [0, 0.05) is 44.0 Å². The summed E-state index contributed by atoms with van der Waals surface area (Å²) in [5, 5.41) is 3.30. The predicted octanol–water partition coefficient (Wildman–Crippen LogP) is 1.62. The summed E-state index contributed by atoms with van der Waals surface area (Å²) in [4.78, 5) is 34.5. The highest BCUT2D eigenvalue weighted by Gasteiger charge is 2.35. The van der Waals surface area contributed by atoms with Crippen LogP contribution in [0.1, 0.15) is 13.8 Å². The molecule has 2 amide bonds. The molecule has 1 fully saturated rings. The van der Waals surface area contributed by atoms with E-state index in [9.17, 15) is 18.0 Å². The topological polar surface area (TPSA) is 125 Å². The van der Waals surface area contributed by atoms with E-state index in [1.54, 1.807) is 35.4 Å². The summed E-state index contributed by atoms with van der Waals surface area (Å²) in [6.07, 6.45) is 3.05. The first-order valence-electron chi connectivity index (χ1n) is 11.5. The number of piperazine rings is 1. The molecule has 10 nitrogen and oxygen atoms in total. The molecule has 3 heterocycles. The molecular weight excluding hydrogens is 470 g/mol. The smallest absolute Gasteiger partial charge is 0.258 e. The Morgan fingerprint density at radius 3 is 2.49 bits per heavy atom. The fourth-order valence-electron chi connectivity index (χ4n) is 4.02. The number of H-pyrrole nitrogens is 1. The van der Waals surface area contributed by atoms with E-state index < -0.39 is 22.0 Å². The number of amides is 2. The zero-order valence-electron chi connectivity index (χ0n) is 19.7. The summed E-state index contributed by atoms with van der Waals surface area (Å²) in [6, 6.07) is 11.6. The Morgan fingerprint density at radius 1 is 1.09 bits per heavy atom. The average molecular weight is 500 g/mol. The molecule has 1 aliphatic rings. The summed E-state index contributed by atoms with van der Waals surface area (Å²) in [6.45, 7) is 4.30. The molecule has 3 aromatic rings. The third kappa shape index (κ3) is 5.46. The van der Waals surface area contributed by atoms with Gasteiger partial charge in [-0.1, -0.05) is 32.0 Å². The number of hydrogen-bond donors (Lipinski definition) is 2. The molecule has 0 bridgehead atoms. The molecule has 1 saturated heterocycles. The normalized spacial score (nSPS) is 15.8. The number of pyridine rings is 1. The van der Waals surface area contributed by atoms with Crippen LogP contribution in [0.2, 0.25) is 0 Å². The number of sulfonamides is 1. The number of carbonyl (C=O) groups excluding carboxylic acids is 2. The molecule has 1 aliphatic heterocycles. The van der Waals surface area contributed by atoms with E-state index in [0.717, 1.165) is 0 Å². The molecule has 1 unspecified atom stereocenters. The van der Waals surface area contributed by atoms with E-state index in [1.165, 1.54) is 10.5 Å². The van der Waals surface area contributed by atoms with Crippen molar-refractivity contribution >= 4 is 32.9 Å². The molecular formula is C24H29N5O5S. The lowest BCUT2D eigenvalue weighted by Gasteiger charge is -2.36. The van der Waals surface area contributed by atoms with Crippen LogP contribution in [-0.2, 0) is 19.6 Å². The van der Waals surface area contributed by atoms with Gasteiger partial charge in [0.15, 0.2) is 6.61 Å². The van der Waals surface area contributed by atoms with Crippen molar-refractivity contribution < 1.29 is 22.7 Å². The molecule has 35 heavy (non-hydrogen) atoms. The Hall–Kier alpha value is -3.44. The Labute approximate surface area is 204 Å². The monoisotopic (exact) mass is 499 g/mol. The summed E-state index contributed by atoms with van der Waals surface area (Å²) >= 11 is 0. The lowest BCUT2D eigenvalue weighted by molar-refractivity contribution is -0.139. The minimum atomic E-state index is -3.75. The van der Waals surface area contributed by atoms with E-state index in [4.69, 9.17) is 4.74 Å². The first kappa shape index (κ1) is 24.7. The van der Waals surface area contributed by atoms with E-state index in [-0.39, 0.29) is 49.5 Å². The summed E-state index contributed by atoms with van der Waals surface area (Å²) < 4.78 is 33.3. The highest BCUT2D eigenvalue weighted by molar-refractivity contribution is 7.89. The average Bonchev–Trinajstić information content (AvgIpc) is 3.31. The van der Waals surface area contributed by atoms with Crippen molar-refractivity contribution in [2.75, 3.05) is 32.8 Å². The number of nitrogens with one attached hydrogen (secondary N) is 2. The third-order valence-corrected chi connectivity index (χ3v) is 7.88. The van der Waals surface area contributed by atoms with Gasteiger partial charge in [0.1, 0.15) is 22.3 Å². The van der Waals surface area contributed by atoms with Gasteiger partial charge >= 0.3 is 0 Å². The molecule has 0 saturated carbocycles. The molecule has 11 heteroatoms. The maximum atomic E-state index is 13.2. The van der Waals surface area contributed by atoms with Gasteiger partial charge in [-0.25, -0.2) is 13.4 Å². The number of nitrogens with zero attached hydrogens (tertiary/aromatic N) is 3. The van der Waals surface area contributed by atoms with Gasteiger partial charge in [-0.2, -0.15) is 4.31 Å². The van der Waals surface area contributed by atoms with E-state index in [0.29, 0.717) is 16.8 Å². The van der Waals surface area contributed by atoms with Crippen molar-refractivity contribution in [2.24, 2.45) is 5.92 Å². The maximum absolute atomic E-state index is 13.2. The molecule has 0 spiro atoms. The van der Waals surface area contributed by atoms with Gasteiger partial charge in [-0.3, -0.25) is 9.59 Å². The molecule has 1 atom stereocenters. The van der Waals surface area contributed by atoms with Crippen LogP contribution in [0.15, 0.2) is 59.8 Å². The van der Waals surface area contributed by atoms with Crippen molar-refractivity contribution in [3.63, 3.8) is 0 Å². The van der Waals surface area contributed by atoms with Gasteiger partial charge in [-0.15, -0.1) is 0 Å². The highest BCUT2D eigenvalue weighted by Crippen LogP contribution is 2.25. The number of para-hydroxylation sites is 1. The van der Waals surface area contributed by atoms with Crippen LogP contribution in [0.3, 0.4) is 0 Å². The number of rotatable bonds is 8. The van der Waals surface area contributed by atoms with Gasteiger partial charge in [0.05, 0.1) is 0 Å². The first-order chi connectivity index (χ1) is 16.8. The fourth-order valence-corrected chi connectivity index (χ4v) is 5.60. The van der Waals surface area contributed by atoms with Crippen LogP contribution >= 0.6 is 0 Å². The zero-order valence-corrected chi connectivity index (χ0v) is 20.5. The minimum absolute atomic E-state index is 0.149. The third-order valence-electron chi connectivity index (χ3n) is 5.94. The number of benzene rings is 1. The predicted molar refractivity (Wildman–Crippen MR) is 130 cm³/mol. The van der Waals surface area contributed by atoms with E-state index in [2.05, 4.69) is 15.3 Å². The number of carbonyl (C=O) groups is 2. The molecule has 0 aliphatic carbocycles. The fraction of sp³-hybridized carbons (Fsp3) is 0.375.